The van der Waals surface area contributed by atoms with Crippen LogP contribution in [0.4, 0.5) is 0 Å². The van der Waals surface area contributed by atoms with Crippen LogP contribution in [0, 0.1) is 13.8 Å². The Hall–Kier alpha value is -0.360. The molecule has 108 valence electrons. The first-order valence-corrected chi connectivity index (χ1v) is 8.70. The molecule has 2 nitrogen and oxygen atoms in total. The molecule has 0 aliphatic heterocycles. The number of hydrogen-bond acceptors (Lipinski definition) is 3. The van der Waals surface area contributed by atoms with E-state index in [1.807, 2.05) is 17.4 Å². The summed E-state index contributed by atoms with van der Waals surface area (Å²) in [5.41, 5.74) is 2.51. The molecular weight excluding hydrogens is 402 g/mol. The van der Waals surface area contributed by atoms with Gasteiger partial charge in [0.1, 0.15) is 5.75 Å². The number of thiophene rings is 1. The van der Waals surface area contributed by atoms with Gasteiger partial charge in [-0.2, -0.15) is 0 Å². The monoisotopic (exact) mass is 417 g/mol. The molecule has 2 aromatic rings. The van der Waals surface area contributed by atoms with Crippen molar-refractivity contribution in [2.45, 2.75) is 26.9 Å². The molecule has 0 amide bonds. The Balaban J connectivity index is 2.04. The van der Waals surface area contributed by atoms with Crippen LogP contribution in [0.25, 0.3) is 0 Å². The summed E-state index contributed by atoms with van der Waals surface area (Å²) in [5.74, 6) is 0.888. The second-order valence-electron chi connectivity index (χ2n) is 4.64. The van der Waals surface area contributed by atoms with Gasteiger partial charge in [-0.3, -0.25) is 0 Å². The van der Waals surface area contributed by atoms with Crippen molar-refractivity contribution in [1.82, 2.24) is 5.32 Å². The van der Waals surface area contributed by atoms with Crippen LogP contribution in [0.3, 0.4) is 0 Å². The Kier molecular flexibility index (Phi) is 5.66. The molecule has 0 aliphatic carbocycles. The standard InChI is InChI=1S/C15H17Br2NOS/c1-9-4-13(20-10(9)2)8-18-7-11-5-12(16)6-14(17)15(11)19-3/h4-6,18H,7-8H2,1-3H3. The van der Waals surface area contributed by atoms with Gasteiger partial charge in [0, 0.05) is 32.9 Å². The zero-order chi connectivity index (χ0) is 14.7. The van der Waals surface area contributed by atoms with Crippen molar-refractivity contribution < 1.29 is 4.74 Å². The lowest BCUT2D eigenvalue weighted by atomic mass is 10.2. The number of aryl methyl sites for hydroxylation is 2. The van der Waals surface area contributed by atoms with Gasteiger partial charge in [-0.05, 0) is 53.5 Å². The first kappa shape index (κ1) is 16.0. The molecule has 0 unspecified atom stereocenters. The van der Waals surface area contributed by atoms with Crippen LogP contribution in [0.2, 0.25) is 0 Å². The summed E-state index contributed by atoms with van der Waals surface area (Å²) in [7, 11) is 1.70. The number of hydrogen-bond donors (Lipinski definition) is 1. The summed E-state index contributed by atoms with van der Waals surface area (Å²) in [6.07, 6.45) is 0. The number of benzene rings is 1. The normalized spacial score (nSPS) is 10.8. The summed E-state index contributed by atoms with van der Waals surface area (Å²) in [4.78, 5) is 2.76. The molecule has 0 radical (unpaired) electrons. The molecule has 5 heteroatoms. The van der Waals surface area contributed by atoms with Gasteiger partial charge in [-0.15, -0.1) is 11.3 Å². The average Bonchev–Trinajstić information content (AvgIpc) is 2.68. The fourth-order valence-electron chi connectivity index (χ4n) is 2.03. The summed E-state index contributed by atoms with van der Waals surface area (Å²) in [6.45, 7) is 5.98. The van der Waals surface area contributed by atoms with Gasteiger partial charge < -0.3 is 10.1 Å². The number of methoxy groups -OCH3 is 1. The molecule has 20 heavy (non-hydrogen) atoms. The van der Waals surface area contributed by atoms with Gasteiger partial charge >= 0.3 is 0 Å². The third kappa shape index (κ3) is 3.85. The Morgan fingerprint density at radius 1 is 1.15 bits per heavy atom. The average molecular weight is 419 g/mol. The molecule has 0 atom stereocenters. The van der Waals surface area contributed by atoms with Crippen molar-refractivity contribution in [3.8, 4) is 5.75 Å². The van der Waals surface area contributed by atoms with Gasteiger partial charge in [-0.1, -0.05) is 15.9 Å². The summed E-state index contributed by atoms with van der Waals surface area (Å²) >= 11 is 8.90. The SMILES string of the molecule is COc1c(Br)cc(Br)cc1CNCc1cc(C)c(C)s1. The van der Waals surface area contributed by atoms with Crippen molar-refractivity contribution >= 4 is 43.2 Å². The van der Waals surface area contributed by atoms with Crippen molar-refractivity contribution in [2.24, 2.45) is 0 Å². The molecule has 1 aromatic heterocycles. The topological polar surface area (TPSA) is 21.3 Å². The molecule has 0 bridgehead atoms. The second-order valence-corrected chi connectivity index (χ2v) is 7.75. The van der Waals surface area contributed by atoms with Crippen LogP contribution in [-0.4, -0.2) is 7.11 Å². The molecular formula is C15H17Br2NOS. The van der Waals surface area contributed by atoms with Crippen molar-refractivity contribution in [3.05, 3.63) is 48.0 Å². The van der Waals surface area contributed by atoms with Gasteiger partial charge in [-0.25, -0.2) is 0 Å². The second kappa shape index (κ2) is 7.07. The van der Waals surface area contributed by atoms with Crippen LogP contribution in [0.5, 0.6) is 5.75 Å². The van der Waals surface area contributed by atoms with E-state index in [9.17, 15) is 0 Å². The number of rotatable bonds is 5. The lowest BCUT2D eigenvalue weighted by Crippen LogP contribution is -2.12. The Labute approximate surface area is 140 Å². The maximum Gasteiger partial charge on any atom is 0.137 e. The van der Waals surface area contributed by atoms with Crippen LogP contribution in [-0.2, 0) is 13.1 Å². The smallest absolute Gasteiger partial charge is 0.137 e. The lowest BCUT2D eigenvalue weighted by Gasteiger charge is -2.12. The van der Waals surface area contributed by atoms with E-state index >= 15 is 0 Å². The van der Waals surface area contributed by atoms with E-state index in [1.165, 1.54) is 15.3 Å². The van der Waals surface area contributed by atoms with E-state index in [2.05, 4.69) is 63.2 Å². The quantitative estimate of drug-likeness (QED) is 0.721. The maximum absolute atomic E-state index is 5.45. The first-order valence-electron chi connectivity index (χ1n) is 6.29. The Morgan fingerprint density at radius 3 is 2.50 bits per heavy atom. The van der Waals surface area contributed by atoms with E-state index in [-0.39, 0.29) is 0 Å². The van der Waals surface area contributed by atoms with Crippen molar-refractivity contribution in [2.75, 3.05) is 7.11 Å². The van der Waals surface area contributed by atoms with Gasteiger partial charge in [0.05, 0.1) is 11.6 Å². The molecule has 1 heterocycles. The largest absolute Gasteiger partial charge is 0.495 e. The predicted octanol–water partition coefficient (Wildman–Crippen LogP) is 5.19. The summed E-state index contributed by atoms with van der Waals surface area (Å²) in [5, 5.41) is 3.48. The Morgan fingerprint density at radius 2 is 1.90 bits per heavy atom. The van der Waals surface area contributed by atoms with Crippen LogP contribution in [0.15, 0.2) is 27.1 Å². The highest BCUT2D eigenvalue weighted by Crippen LogP contribution is 2.32. The molecule has 0 saturated heterocycles. The van der Waals surface area contributed by atoms with Gasteiger partial charge in [0.2, 0.25) is 0 Å². The van der Waals surface area contributed by atoms with E-state index < -0.39 is 0 Å². The fraction of sp³-hybridized carbons (Fsp3) is 0.333. The molecule has 0 spiro atoms. The van der Waals surface area contributed by atoms with Crippen LogP contribution in [0.1, 0.15) is 20.9 Å². The molecule has 0 saturated carbocycles. The molecule has 0 aliphatic rings. The number of ether oxygens (including phenoxy) is 1. The molecule has 2 rings (SSSR count). The van der Waals surface area contributed by atoms with E-state index in [0.29, 0.717) is 0 Å². The predicted molar refractivity (Wildman–Crippen MR) is 92.7 cm³/mol. The zero-order valence-electron chi connectivity index (χ0n) is 11.7. The minimum absolute atomic E-state index is 0.775. The van der Waals surface area contributed by atoms with Crippen LogP contribution < -0.4 is 10.1 Å². The van der Waals surface area contributed by atoms with E-state index in [1.54, 1.807) is 7.11 Å². The first-order chi connectivity index (χ1) is 9.51. The van der Waals surface area contributed by atoms with Crippen LogP contribution >= 0.6 is 43.2 Å². The highest BCUT2D eigenvalue weighted by molar-refractivity contribution is 9.11. The van der Waals surface area contributed by atoms with Crippen molar-refractivity contribution in [3.63, 3.8) is 0 Å². The highest BCUT2D eigenvalue weighted by Gasteiger charge is 2.09. The molecule has 1 N–H and O–H groups in total. The zero-order valence-corrected chi connectivity index (χ0v) is 15.7. The third-order valence-electron chi connectivity index (χ3n) is 3.12. The maximum atomic E-state index is 5.45. The van der Waals surface area contributed by atoms with E-state index in [0.717, 1.165) is 33.3 Å². The van der Waals surface area contributed by atoms with Crippen molar-refractivity contribution in [1.29, 1.82) is 0 Å². The summed E-state index contributed by atoms with van der Waals surface area (Å²) < 4.78 is 7.46. The van der Waals surface area contributed by atoms with Gasteiger partial charge in [0.25, 0.3) is 0 Å². The van der Waals surface area contributed by atoms with E-state index in [4.69, 9.17) is 4.74 Å². The summed E-state index contributed by atoms with van der Waals surface area (Å²) in [6, 6.07) is 6.33. The number of nitrogens with one attached hydrogen (secondary N) is 1. The fourth-order valence-corrected chi connectivity index (χ4v) is 4.53. The molecule has 0 fully saturated rings. The number of halogens is 2. The third-order valence-corrected chi connectivity index (χ3v) is 5.32. The lowest BCUT2D eigenvalue weighted by molar-refractivity contribution is 0.405. The Bertz CT molecular complexity index is 591. The molecule has 1 aromatic carbocycles. The minimum atomic E-state index is 0.775. The van der Waals surface area contributed by atoms with Gasteiger partial charge in [0.15, 0.2) is 0 Å². The minimum Gasteiger partial charge on any atom is -0.495 e. The highest BCUT2D eigenvalue weighted by atomic mass is 79.9.